The summed E-state index contributed by atoms with van der Waals surface area (Å²) in [6.45, 7) is 8.76. The molecule has 4 rings (SSSR count). The third kappa shape index (κ3) is 7.47. The molecule has 1 N–H and O–H groups in total. The Labute approximate surface area is 231 Å². The molecule has 2 aliphatic rings. The fourth-order valence-electron chi connectivity index (χ4n) is 5.11. The van der Waals surface area contributed by atoms with Crippen LogP contribution in [0, 0.1) is 11.8 Å². The zero-order chi connectivity index (χ0) is 28.5. The van der Waals surface area contributed by atoms with Crippen LogP contribution in [0.15, 0.2) is 61.2 Å². The maximum Gasteiger partial charge on any atom is 0.223 e. The molecule has 0 bridgehead atoms. The summed E-state index contributed by atoms with van der Waals surface area (Å²) in [6.07, 6.45) is 3.37. The van der Waals surface area contributed by atoms with Gasteiger partial charge in [0, 0.05) is 37.8 Å². The van der Waals surface area contributed by atoms with Gasteiger partial charge in [0.15, 0.2) is 0 Å². The van der Waals surface area contributed by atoms with E-state index >= 15 is 0 Å². The zero-order valence-electron chi connectivity index (χ0n) is 23.3. The molecule has 2 aromatic carbocycles. The van der Waals surface area contributed by atoms with Crippen LogP contribution in [0.3, 0.4) is 0 Å². The molecule has 2 heterocycles. The molecule has 2 aliphatic heterocycles. The van der Waals surface area contributed by atoms with Gasteiger partial charge in [0.25, 0.3) is 0 Å². The van der Waals surface area contributed by atoms with E-state index in [0.29, 0.717) is 32.4 Å². The molecule has 2 aromatic rings. The van der Waals surface area contributed by atoms with Gasteiger partial charge in [-0.05, 0) is 55.7 Å². The van der Waals surface area contributed by atoms with Crippen LogP contribution in [-0.4, -0.2) is 66.4 Å². The van der Waals surface area contributed by atoms with Gasteiger partial charge in [-0.1, -0.05) is 30.3 Å². The minimum absolute atomic E-state index is 0.00352. The van der Waals surface area contributed by atoms with Crippen molar-refractivity contribution >= 4 is 18.1 Å². The number of aldehydes is 1. The minimum atomic E-state index is -0.487. The van der Waals surface area contributed by atoms with Crippen molar-refractivity contribution in [2.24, 2.45) is 11.8 Å². The van der Waals surface area contributed by atoms with Crippen LogP contribution in [-0.2, 0) is 14.4 Å². The van der Waals surface area contributed by atoms with Gasteiger partial charge in [0.05, 0.1) is 32.4 Å². The summed E-state index contributed by atoms with van der Waals surface area (Å²) >= 11 is 0. The highest BCUT2D eigenvalue weighted by Crippen LogP contribution is 2.32. The number of benzene rings is 2. The molecule has 2 amide bonds. The molecule has 0 radical (unpaired) electrons. The standard InChI is InChI=1S/C17H23NO3.C14H17NO3/c1-4-5-16(19)14-10-17(20)18(11-14)12(2)13-6-8-15(21-3)9-7-13;1-10(12-3-5-13(18-2)6-4-12)15-8-11(9-16)7-14(15)17/h4,6-9,12,14,16,19H,1,5,10-11H2,2-3H3;3-6,9-11H,7-8H2,1-2H3/t12-,14-,16-;10-,11-/m11/s1. The molecule has 2 saturated heterocycles. The van der Waals surface area contributed by atoms with Crippen molar-refractivity contribution in [1.82, 2.24) is 9.80 Å². The van der Waals surface area contributed by atoms with E-state index in [1.165, 1.54) is 0 Å². The Morgan fingerprint density at radius 3 is 1.74 bits per heavy atom. The molecule has 39 heavy (non-hydrogen) atoms. The average Bonchev–Trinajstić information content (AvgIpc) is 3.55. The van der Waals surface area contributed by atoms with Gasteiger partial charge in [-0.2, -0.15) is 0 Å². The van der Waals surface area contributed by atoms with Crippen molar-refractivity contribution in [1.29, 1.82) is 0 Å². The molecular formula is C31H40N2O6. The lowest BCUT2D eigenvalue weighted by atomic mass is 9.99. The molecule has 8 nitrogen and oxygen atoms in total. The maximum absolute atomic E-state index is 12.2. The molecule has 210 valence electrons. The van der Waals surface area contributed by atoms with Crippen LogP contribution in [0.5, 0.6) is 11.5 Å². The van der Waals surface area contributed by atoms with E-state index in [4.69, 9.17) is 9.47 Å². The number of rotatable bonds is 10. The maximum atomic E-state index is 12.2. The van der Waals surface area contributed by atoms with E-state index in [1.54, 1.807) is 25.2 Å². The van der Waals surface area contributed by atoms with Crippen LogP contribution in [0.25, 0.3) is 0 Å². The van der Waals surface area contributed by atoms with Crippen molar-refractivity contribution in [3.05, 3.63) is 72.3 Å². The Morgan fingerprint density at radius 1 is 0.872 bits per heavy atom. The number of carbonyl (C=O) groups is 3. The monoisotopic (exact) mass is 536 g/mol. The summed E-state index contributed by atoms with van der Waals surface area (Å²) in [4.78, 5) is 38.4. The largest absolute Gasteiger partial charge is 0.497 e. The second kappa shape index (κ2) is 13.9. The Hall–Kier alpha value is -3.65. The highest BCUT2D eigenvalue weighted by molar-refractivity contribution is 5.83. The van der Waals surface area contributed by atoms with E-state index in [9.17, 15) is 19.5 Å². The third-order valence-corrected chi connectivity index (χ3v) is 7.65. The molecule has 0 aromatic heterocycles. The summed E-state index contributed by atoms with van der Waals surface area (Å²) in [6, 6.07) is 15.4. The number of amides is 2. The van der Waals surface area contributed by atoms with Crippen molar-refractivity contribution < 1.29 is 29.0 Å². The number of carbonyl (C=O) groups excluding carboxylic acids is 3. The summed E-state index contributed by atoms with van der Waals surface area (Å²) < 4.78 is 10.3. The average molecular weight is 537 g/mol. The highest BCUT2D eigenvalue weighted by atomic mass is 16.5. The van der Waals surface area contributed by atoms with Gasteiger partial charge in [0.2, 0.25) is 11.8 Å². The predicted octanol–water partition coefficient (Wildman–Crippen LogP) is 4.35. The first kappa shape index (κ1) is 29.9. The fourth-order valence-corrected chi connectivity index (χ4v) is 5.11. The summed E-state index contributed by atoms with van der Waals surface area (Å²) in [5, 5.41) is 10.0. The Bertz CT molecular complexity index is 1120. The van der Waals surface area contributed by atoms with Gasteiger partial charge >= 0.3 is 0 Å². The van der Waals surface area contributed by atoms with Gasteiger partial charge in [0.1, 0.15) is 17.8 Å². The first-order valence-corrected chi connectivity index (χ1v) is 13.3. The number of aliphatic hydroxyl groups is 1. The minimum Gasteiger partial charge on any atom is -0.497 e. The zero-order valence-corrected chi connectivity index (χ0v) is 23.3. The lowest BCUT2D eigenvalue weighted by Crippen LogP contribution is -2.30. The van der Waals surface area contributed by atoms with Gasteiger partial charge in [-0.25, -0.2) is 0 Å². The van der Waals surface area contributed by atoms with Crippen LogP contribution in [0.2, 0.25) is 0 Å². The normalized spacial score (nSPS) is 21.1. The Balaban J connectivity index is 0.000000218. The number of aliphatic hydroxyl groups excluding tert-OH is 1. The molecule has 8 heteroatoms. The van der Waals surface area contributed by atoms with Gasteiger partial charge < -0.3 is 29.2 Å². The van der Waals surface area contributed by atoms with E-state index in [0.717, 1.165) is 28.9 Å². The van der Waals surface area contributed by atoms with Gasteiger partial charge in [-0.3, -0.25) is 9.59 Å². The quantitative estimate of drug-likeness (QED) is 0.358. The van der Waals surface area contributed by atoms with Crippen molar-refractivity contribution in [2.75, 3.05) is 27.3 Å². The van der Waals surface area contributed by atoms with E-state index in [2.05, 4.69) is 6.58 Å². The van der Waals surface area contributed by atoms with Crippen LogP contribution >= 0.6 is 0 Å². The molecule has 0 spiro atoms. The van der Waals surface area contributed by atoms with Crippen LogP contribution in [0.1, 0.15) is 56.3 Å². The highest BCUT2D eigenvalue weighted by Gasteiger charge is 2.36. The summed E-state index contributed by atoms with van der Waals surface area (Å²) in [5.74, 6) is 1.60. The van der Waals surface area contributed by atoms with Crippen molar-refractivity contribution in [3.63, 3.8) is 0 Å². The number of ether oxygens (including phenoxy) is 2. The number of hydrogen-bond donors (Lipinski definition) is 1. The number of likely N-dealkylation sites (tertiary alicyclic amines) is 2. The molecule has 2 fully saturated rings. The van der Waals surface area contributed by atoms with E-state index in [-0.39, 0.29) is 35.7 Å². The second-order valence-corrected chi connectivity index (χ2v) is 10.1. The Kier molecular flexibility index (Phi) is 10.7. The van der Waals surface area contributed by atoms with Gasteiger partial charge in [-0.15, -0.1) is 6.58 Å². The molecule has 0 unspecified atom stereocenters. The number of hydrogen-bond acceptors (Lipinski definition) is 6. The van der Waals surface area contributed by atoms with E-state index in [1.807, 2.05) is 67.3 Å². The second-order valence-electron chi connectivity index (χ2n) is 10.1. The number of nitrogens with zero attached hydrogens (tertiary/aromatic N) is 2. The fraction of sp³-hybridized carbons (Fsp3) is 0.452. The first-order valence-electron chi connectivity index (χ1n) is 13.3. The smallest absolute Gasteiger partial charge is 0.223 e. The molecule has 5 atom stereocenters. The molecular weight excluding hydrogens is 496 g/mol. The van der Waals surface area contributed by atoms with Crippen molar-refractivity contribution in [2.45, 2.75) is 51.3 Å². The van der Waals surface area contributed by atoms with Crippen LogP contribution < -0.4 is 9.47 Å². The Morgan fingerprint density at radius 2 is 1.33 bits per heavy atom. The molecule has 0 aliphatic carbocycles. The SMILES string of the molecule is C=CC[C@@H](O)[C@@H]1CC(=O)N([C@H](C)c2ccc(OC)cc2)C1.COc1ccc([C@@H](C)N2C[C@H](C=O)CC2=O)cc1. The lowest BCUT2D eigenvalue weighted by molar-refractivity contribution is -0.130. The molecule has 0 saturated carbocycles. The lowest BCUT2D eigenvalue weighted by Gasteiger charge is -2.26. The summed E-state index contributed by atoms with van der Waals surface area (Å²) in [5.41, 5.74) is 2.12. The van der Waals surface area contributed by atoms with Crippen molar-refractivity contribution in [3.8, 4) is 11.5 Å². The van der Waals surface area contributed by atoms with E-state index < -0.39 is 6.10 Å². The third-order valence-electron chi connectivity index (χ3n) is 7.65. The number of methoxy groups -OCH3 is 2. The van der Waals surface area contributed by atoms with Crippen LogP contribution in [0.4, 0.5) is 0 Å². The predicted molar refractivity (Wildman–Crippen MR) is 149 cm³/mol. The first-order chi connectivity index (χ1) is 18.7. The topological polar surface area (TPSA) is 96.4 Å². The summed E-state index contributed by atoms with van der Waals surface area (Å²) in [7, 11) is 3.26.